The number of allylic oxidation sites excluding steroid dienone is 4. The van der Waals surface area contributed by atoms with Gasteiger partial charge in [-0.1, -0.05) is 138 Å². The summed E-state index contributed by atoms with van der Waals surface area (Å²) in [5.74, 6) is 1.77. The summed E-state index contributed by atoms with van der Waals surface area (Å²) in [5.41, 5.74) is 7.86. The Hall–Kier alpha value is -2.18. The Morgan fingerprint density at radius 1 is 0.870 bits per heavy atom. The van der Waals surface area contributed by atoms with Crippen LogP contribution < -0.4 is 0 Å². The summed E-state index contributed by atoms with van der Waals surface area (Å²) in [4.78, 5) is 12.2. The van der Waals surface area contributed by atoms with Gasteiger partial charge in [0.2, 0.25) is 0 Å². The van der Waals surface area contributed by atoms with E-state index >= 15 is 0 Å². The second-order valence-electron chi connectivity index (χ2n) is 16.7. The van der Waals surface area contributed by atoms with Crippen LogP contribution in [0, 0.1) is 17.8 Å². The summed E-state index contributed by atoms with van der Waals surface area (Å²) in [6.45, 7) is 17.7. The number of carboxylic acids is 1. The SMILES string of the molecule is CCCC1CC=C(c2ccc(-c3cc(CCCC[Si](C)(C)CC[Si](C)(C)CC(C)C4CC=C(C)CC4)ccc3C(=O)O)cc2)CC1. The number of aryl methyl sites for hydroxylation is 1. The van der Waals surface area contributed by atoms with Gasteiger partial charge >= 0.3 is 5.97 Å². The minimum Gasteiger partial charge on any atom is -0.478 e. The van der Waals surface area contributed by atoms with Gasteiger partial charge in [-0.05, 0) is 110 Å². The summed E-state index contributed by atoms with van der Waals surface area (Å²) in [7, 11) is -2.41. The molecule has 0 saturated carbocycles. The van der Waals surface area contributed by atoms with E-state index in [1.54, 1.807) is 5.57 Å². The lowest BCUT2D eigenvalue weighted by atomic mass is 9.83. The average molecular weight is 657 g/mol. The summed E-state index contributed by atoms with van der Waals surface area (Å²) in [5, 5.41) is 9.98. The Kier molecular flexibility index (Phi) is 13.4. The molecule has 2 aliphatic carbocycles. The van der Waals surface area contributed by atoms with Crippen LogP contribution in [-0.2, 0) is 6.42 Å². The summed E-state index contributed by atoms with van der Waals surface area (Å²) in [6.07, 6.45) is 18.7. The molecule has 0 heterocycles. The number of aromatic carboxylic acids is 1. The van der Waals surface area contributed by atoms with Gasteiger partial charge in [-0.3, -0.25) is 0 Å². The fraction of sp³-hybridized carbons (Fsp3) is 0.595. The summed E-state index contributed by atoms with van der Waals surface area (Å²) in [6, 6.07) is 20.5. The van der Waals surface area contributed by atoms with Crippen LogP contribution in [0.4, 0.5) is 0 Å². The Bertz CT molecular complexity index is 1350. The van der Waals surface area contributed by atoms with E-state index in [1.807, 2.05) is 12.1 Å². The maximum absolute atomic E-state index is 12.2. The van der Waals surface area contributed by atoms with Crippen LogP contribution in [0.25, 0.3) is 16.7 Å². The highest BCUT2D eigenvalue weighted by Crippen LogP contribution is 2.37. The third-order valence-electron chi connectivity index (χ3n) is 11.5. The van der Waals surface area contributed by atoms with E-state index in [9.17, 15) is 9.90 Å². The number of hydrogen-bond donors (Lipinski definition) is 1. The van der Waals surface area contributed by atoms with E-state index in [-0.39, 0.29) is 0 Å². The van der Waals surface area contributed by atoms with Gasteiger partial charge in [0, 0.05) is 16.1 Å². The second-order valence-corrected chi connectivity index (χ2v) is 27.3. The Balaban J connectivity index is 1.28. The average Bonchev–Trinajstić information content (AvgIpc) is 3.03. The quantitative estimate of drug-likeness (QED) is 0.111. The van der Waals surface area contributed by atoms with E-state index in [0.717, 1.165) is 41.7 Å². The first-order chi connectivity index (χ1) is 21.9. The number of rotatable bonds is 16. The van der Waals surface area contributed by atoms with E-state index in [4.69, 9.17) is 0 Å². The molecule has 4 rings (SSSR count). The molecule has 3 unspecified atom stereocenters. The van der Waals surface area contributed by atoms with Gasteiger partial charge in [0.05, 0.1) is 5.56 Å². The first kappa shape index (κ1) is 36.7. The lowest BCUT2D eigenvalue weighted by Crippen LogP contribution is -2.34. The zero-order chi connectivity index (χ0) is 33.3. The third-order valence-corrected chi connectivity index (χ3v) is 18.7. The van der Waals surface area contributed by atoms with Crippen molar-refractivity contribution in [3.8, 4) is 11.1 Å². The fourth-order valence-corrected chi connectivity index (χ4v) is 17.4. The van der Waals surface area contributed by atoms with Crippen molar-refractivity contribution in [3.05, 3.63) is 76.9 Å². The lowest BCUT2D eigenvalue weighted by molar-refractivity contribution is 0.0697. The Morgan fingerprint density at radius 2 is 1.59 bits per heavy atom. The molecule has 1 N–H and O–H groups in total. The molecule has 2 aromatic carbocycles. The molecular formula is C42H64O2Si2. The minimum absolute atomic E-state index is 0.403. The molecule has 0 bridgehead atoms. The molecule has 0 amide bonds. The highest BCUT2D eigenvalue weighted by atomic mass is 28.3. The summed E-state index contributed by atoms with van der Waals surface area (Å²) < 4.78 is 0. The molecule has 252 valence electrons. The topological polar surface area (TPSA) is 37.3 Å². The van der Waals surface area contributed by atoms with Crippen LogP contribution in [0.5, 0.6) is 0 Å². The van der Waals surface area contributed by atoms with Gasteiger partial charge in [-0.25, -0.2) is 4.79 Å². The molecule has 0 fully saturated rings. The van der Waals surface area contributed by atoms with Crippen LogP contribution in [0.15, 0.2) is 60.2 Å². The lowest BCUT2D eigenvalue weighted by Gasteiger charge is -2.34. The van der Waals surface area contributed by atoms with Crippen molar-refractivity contribution < 1.29 is 9.90 Å². The van der Waals surface area contributed by atoms with Crippen molar-refractivity contribution in [2.75, 3.05) is 0 Å². The molecular weight excluding hydrogens is 593 g/mol. The fourth-order valence-electron chi connectivity index (χ4n) is 8.23. The van der Waals surface area contributed by atoms with Crippen molar-refractivity contribution >= 4 is 27.7 Å². The van der Waals surface area contributed by atoms with E-state index < -0.39 is 22.1 Å². The number of hydrogen-bond acceptors (Lipinski definition) is 1. The smallest absolute Gasteiger partial charge is 0.336 e. The van der Waals surface area contributed by atoms with Crippen LogP contribution in [-0.4, -0.2) is 27.2 Å². The van der Waals surface area contributed by atoms with Gasteiger partial charge in [0.15, 0.2) is 0 Å². The van der Waals surface area contributed by atoms with Crippen molar-refractivity contribution in [2.24, 2.45) is 17.8 Å². The summed E-state index contributed by atoms with van der Waals surface area (Å²) >= 11 is 0. The minimum atomic E-state index is -1.22. The molecule has 0 saturated heterocycles. The molecule has 3 atom stereocenters. The van der Waals surface area contributed by atoms with Gasteiger partial charge in [0.25, 0.3) is 0 Å². The molecule has 2 aromatic rings. The number of carbonyl (C=O) groups is 1. The monoisotopic (exact) mass is 656 g/mol. The van der Waals surface area contributed by atoms with Gasteiger partial charge in [-0.15, -0.1) is 0 Å². The van der Waals surface area contributed by atoms with Crippen molar-refractivity contribution in [3.63, 3.8) is 0 Å². The van der Waals surface area contributed by atoms with Gasteiger partial charge in [0.1, 0.15) is 0 Å². The van der Waals surface area contributed by atoms with Crippen molar-refractivity contribution in [1.29, 1.82) is 0 Å². The normalized spacial score (nSPS) is 19.8. The highest BCUT2D eigenvalue weighted by molar-refractivity contribution is 6.82. The molecule has 4 heteroatoms. The predicted octanol–water partition coefficient (Wildman–Crippen LogP) is 13.2. The van der Waals surface area contributed by atoms with Gasteiger partial charge < -0.3 is 5.11 Å². The van der Waals surface area contributed by atoms with Crippen molar-refractivity contribution in [2.45, 2.75) is 142 Å². The maximum Gasteiger partial charge on any atom is 0.336 e. The zero-order valence-electron chi connectivity index (χ0n) is 30.4. The molecule has 2 nitrogen and oxygen atoms in total. The molecule has 46 heavy (non-hydrogen) atoms. The maximum atomic E-state index is 12.2. The molecule has 0 radical (unpaired) electrons. The van der Waals surface area contributed by atoms with E-state index in [0.29, 0.717) is 5.56 Å². The van der Waals surface area contributed by atoms with E-state index in [1.165, 1.54) is 98.7 Å². The Labute approximate surface area is 284 Å². The van der Waals surface area contributed by atoms with Crippen LogP contribution in [0.3, 0.4) is 0 Å². The van der Waals surface area contributed by atoms with Crippen LogP contribution in [0.2, 0.25) is 50.4 Å². The number of unbranched alkanes of at least 4 members (excludes halogenated alkanes) is 1. The molecule has 0 aromatic heterocycles. The largest absolute Gasteiger partial charge is 0.478 e. The van der Waals surface area contributed by atoms with E-state index in [2.05, 4.69) is 89.4 Å². The highest BCUT2D eigenvalue weighted by Gasteiger charge is 2.31. The zero-order valence-corrected chi connectivity index (χ0v) is 32.4. The number of carboxylic acid groups (broad SMARTS) is 1. The van der Waals surface area contributed by atoms with Crippen LogP contribution in [0.1, 0.15) is 106 Å². The predicted molar refractivity (Wildman–Crippen MR) is 206 cm³/mol. The number of benzene rings is 2. The molecule has 2 aliphatic rings. The first-order valence-electron chi connectivity index (χ1n) is 18.7. The van der Waals surface area contributed by atoms with Crippen molar-refractivity contribution in [1.82, 2.24) is 0 Å². The van der Waals surface area contributed by atoms with Gasteiger partial charge in [-0.2, -0.15) is 0 Å². The van der Waals surface area contributed by atoms with Crippen LogP contribution >= 0.6 is 0 Å². The first-order valence-corrected chi connectivity index (χ1v) is 25.5. The molecule has 0 spiro atoms. The molecule has 0 aliphatic heterocycles. The standard InChI is InChI=1S/C42H64O2Si2/c1-8-11-34-15-20-37(21-16-34)38-22-24-39(25-23-38)41-30-35(17-26-40(41)42(43)44)12-9-10-27-45(4,5)28-29-46(6,7)31-33(3)36-18-13-32(2)14-19-36/h13,17,20,22-26,30,33-34,36H,8-12,14-16,18-19,21,27-29,31H2,1-7H3,(H,43,44). The Morgan fingerprint density at radius 3 is 2.22 bits per heavy atom. The second kappa shape index (κ2) is 16.8. The third kappa shape index (κ3) is 10.9.